The summed E-state index contributed by atoms with van der Waals surface area (Å²) in [7, 11) is 0. The molecule has 4 heteroatoms. The third-order valence-corrected chi connectivity index (χ3v) is 3.19. The molecular formula is C17H28N2O2. The number of ether oxygens (including phenoxy) is 1. The Morgan fingerprint density at radius 3 is 2.67 bits per heavy atom. The molecule has 0 aliphatic rings. The molecule has 1 aromatic rings. The molecule has 0 aliphatic carbocycles. The fourth-order valence-electron chi connectivity index (χ4n) is 2.08. The van der Waals surface area contributed by atoms with Gasteiger partial charge in [-0.05, 0) is 58.6 Å². The van der Waals surface area contributed by atoms with Crippen molar-refractivity contribution in [2.75, 3.05) is 13.1 Å². The van der Waals surface area contributed by atoms with Gasteiger partial charge in [0.1, 0.15) is 5.60 Å². The molecule has 0 bridgehead atoms. The van der Waals surface area contributed by atoms with Crippen LogP contribution in [0.3, 0.4) is 0 Å². The van der Waals surface area contributed by atoms with Crippen molar-refractivity contribution < 1.29 is 9.53 Å². The van der Waals surface area contributed by atoms with Crippen LogP contribution in [-0.2, 0) is 11.2 Å². The highest BCUT2D eigenvalue weighted by Crippen LogP contribution is 2.11. The molecule has 0 aliphatic heterocycles. The van der Waals surface area contributed by atoms with E-state index in [0.717, 1.165) is 12.8 Å². The molecule has 0 heterocycles. The van der Waals surface area contributed by atoms with Crippen LogP contribution in [0.25, 0.3) is 0 Å². The second kappa shape index (κ2) is 8.03. The van der Waals surface area contributed by atoms with Crippen LogP contribution in [0, 0.1) is 12.8 Å². The van der Waals surface area contributed by atoms with Gasteiger partial charge in [-0.2, -0.15) is 0 Å². The Morgan fingerprint density at radius 1 is 1.38 bits per heavy atom. The van der Waals surface area contributed by atoms with E-state index in [1.54, 1.807) is 0 Å². The third kappa shape index (κ3) is 7.71. The molecule has 1 rings (SSSR count). The van der Waals surface area contributed by atoms with Gasteiger partial charge >= 0.3 is 6.09 Å². The zero-order valence-corrected chi connectivity index (χ0v) is 13.6. The lowest BCUT2D eigenvalue weighted by Gasteiger charge is -2.21. The first-order valence-corrected chi connectivity index (χ1v) is 7.52. The lowest BCUT2D eigenvalue weighted by atomic mass is 9.98. The van der Waals surface area contributed by atoms with Gasteiger partial charge in [0.2, 0.25) is 0 Å². The lowest BCUT2D eigenvalue weighted by Crippen LogP contribution is -2.37. The van der Waals surface area contributed by atoms with Gasteiger partial charge in [0.15, 0.2) is 0 Å². The summed E-state index contributed by atoms with van der Waals surface area (Å²) in [6.07, 6.45) is 1.55. The second-order valence-corrected chi connectivity index (χ2v) is 6.51. The van der Waals surface area contributed by atoms with Crippen molar-refractivity contribution in [2.24, 2.45) is 11.7 Å². The maximum Gasteiger partial charge on any atom is 0.407 e. The van der Waals surface area contributed by atoms with Gasteiger partial charge < -0.3 is 15.8 Å². The summed E-state index contributed by atoms with van der Waals surface area (Å²) in [6.45, 7) is 8.76. The number of benzene rings is 1. The number of alkyl carbamates (subject to hydrolysis) is 1. The van der Waals surface area contributed by atoms with Crippen molar-refractivity contribution in [1.29, 1.82) is 0 Å². The van der Waals surface area contributed by atoms with Crippen molar-refractivity contribution in [3.63, 3.8) is 0 Å². The van der Waals surface area contributed by atoms with E-state index in [2.05, 4.69) is 36.5 Å². The number of hydrogen-bond acceptors (Lipinski definition) is 3. The first-order valence-electron chi connectivity index (χ1n) is 7.52. The lowest BCUT2D eigenvalue weighted by molar-refractivity contribution is 0.0519. The van der Waals surface area contributed by atoms with Gasteiger partial charge in [-0.15, -0.1) is 0 Å². The fraction of sp³-hybridized carbons (Fsp3) is 0.588. The minimum Gasteiger partial charge on any atom is -0.444 e. The van der Waals surface area contributed by atoms with Crippen LogP contribution in [0.4, 0.5) is 4.79 Å². The Bertz CT molecular complexity index is 452. The van der Waals surface area contributed by atoms with Gasteiger partial charge in [-0.1, -0.05) is 29.8 Å². The second-order valence-electron chi connectivity index (χ2n) is 6.51. The molecule has 118 valence electrons. The van der Waals surface area contributed by atoms with E-state index < -0.39 is 5.60 Å². The summed E-state index contributed by atoms with van der Waals surface area (Å²) < 4.78 is 5.22. The van der Waals surface area contributed by atoms with Crippen LogP contribution in [0.1, 0.15) is 38.3 Å². The molecule has 0 saturated carbocycles. The molecular weight excluding hydrogens is 264 g/mol. The highest BCUT2D eigenvalue weighted by Gasteiger charge is 2.17. The number of carbonyl (C=O) groups excluding carboxylic acids is 1. The maximum absolute atomic E-state index is 11.6. The summed E-state index contributed by atoms with van der Waals surface area (Å²) in [6, 6.07) is 8.48. The molecule has 1 atom stereocenters. The van der Waals surface area contributed by atoms with E-state index in [0.29, 0.717) is 13.1 Å². The van der Waals surface area contributed by atoms with Crippen LogP contribution in [-0.4, -0.2) is 24.8 Å². The van der Waals surface area contributed by atoms with E-state index in [4.69, 9.17) is 10.5 Å². The summed E-state index contributed by atoms with van der Waals surface area (Å²) in [5.74, 6) is 0.262. The molecule has 0 saturated heterocycles. The zero-order chi connectivity index (χ0) is 15.9. The van der Waals surface area contributed by atoms with Gasteiger partial charge in [-0.3, -0.25) is 0 Å². The first kappa shape index (κ1) is 17.5. The van der Waals surface area contributed by atoms with Gasteiger partial charge in [-0.25, -0.2) is 4.79 Å². The van der Waals surface area contributed by atoms with Crippen LogP contribution in [0.5, 0.6) is 0 Å². The smallest absolute Gasteiger partial charge is 0.407 e. The molecule has 3 N–H and O–H groups in total. The number of amides is 1. The highest BCUT2D eigenvalue weighted by molar-refractivity contribution is 5.67. The van der Waals surface area contributed by atoms with Crippen LogP contribution < -0.4 is 11.1 Å². The minimum absolute atomic E-state index is 0.262. The van der Waals surface area contributed by atoms with Gasteiger partial charge in [0, 0.05) is 6.54 Å². The first-order chi connectivity index (χ1) is 9.80. The number of hydrogen-bond donors (Lipinski definition) is 2. The molecule has 4 nitrogen and oxygen atoms in total. The molecule has 1 unspecified atom stereocenters. The predicted molar refractivity (Wildman–Crippen MR) is 86.3 cm³/mol. The number of nitrogens with one attached hydrogen (secondary N) is 1. The summed E-state index contributed by atoms with van der Waals surface area (Å²) >= 11 is 0. The Kier molecular flexibility index (Phi) is 6.69. The normalized spacial score (nSPS) is 12.8. The molecule has 1 amide bonds. The molecule has 21 heavy (non-hydrogen) atoms. The largest absolute Gasteiger partial charge is 0.444 e. The van der Waals surface area contributed by atoms with Crippen LogP contribution in [0.15, 0.2) is 24.3 Å². The van der Waals surface area contributed by atoms with Crippen molar-refractivity contribution in [1.82, 2.24) is 5.32 Å². The average Bonchev–Trinajstić information content (AvgIpc) is 2.37. The summed E-state index contributed by atoms with van der Waals surface area (Å²) in [4.78, 5) is 11.6. The SMILES string of the molecule is Cc1cccc(CCC(CN)CNC(=O)OC(C)(C)C)c1. The minimum atomic E-state index is -0.468. The zero-order valence-electron chi connectivity index (χ0n) is 13.6. The number of aryl methyl sites for hydroxylation is 2. The summed E-state index contributed by atoms with van der Waals surface area (Å²) in [5.41, 5.74) is 7.90. The maximum atomic E-state index is 11.6. The van der Waals surface area contributed by atoms with Crippen LogP contribution in [0.2, 0.25) is 0 Å². The fourth-order valence-corrected chi connectivity index (χ4v) is 2.08. The van der Waals surface area contributed by atoms with E-state index >= 15 is 0 Å². The Morgan fingerprint density at radius 2 is 2.10 bits per heavy atom. The Balaban J connectivity index is 2.36. The Labute approximate surface area is 128 Å². The van der Waals surface area contributed by atoms with E-state index in [1.807, 2.05) is 20.8 Å². The third-order valence-electron chi connectivity index (χ3n) is 3.19. The molecule has 1 aromatic carbocycles. The highest BCUT2D eigenvalue weighted by atomic mass is 16.6. The molecule has 0 spiro atoms. The monoisotopic (exact) mass is 292 g/mol. The van der Waals surface area contributed by atoms with Crippen LogP contribution >= 0.6 is 0 Å². The van der Waals surface area contributed by atoms with Gasteiger partial charge in [0.05, 0.1) is 0 Å². The molecule has 0 fully saturated rings. The number of nitrogens with two attached hydrogens (primary N) is 1. The average molecular weight is 292 g/mol. The van der Waals surface area contributed by atoms with Crippen molar-refractivity contribution in [2.45, 2.75) is 46.1 Å². The molecule has 0 radical (unpaired) electrons. The van der Waals surface area contributed by atoms with Gasteiger partial charge in [0.25, 0.3) is 0 Å². The molecule has 0 aromatic heterocycles. The van der Waals surface area contributed by atoms with E-state index in [1.165, 1.54) is 11.1 Å². The standard InChI is InChI=1S/C17H28N2O2/c1-13-6-5-7-14(10-13)8-9-15(11-18)12-19-16(20)21-17(2,3)4/h5-7,10,15H,8-9,11-12,18H2,1-4H3,(H,19,20). The van der Waals surface area contributed by atoms with Crippen molar-refractivity contribution in [3.05, 3.63) is 35.4 Å². The number of carbonyl (C=O) groups is 1. The van der Waals surface area contributed by atoms with E-state index in [-0.39, 0.29) is 12.0 Å². The number of rotatable bonds is 6. The van der Waals surface area contributed by atoms with Crippen molar-refractivity contribution in [3.8, 4) is 0 Å². The predicted octanol–water partition coefficient (Wildman–Crippen LogP) is 3.03. The summed E-state index contributed by atoms with van der Waals surface area (Å²) in [5, 5.41) is 2.80. The topological polar surface area (TPSA) is 64.3 Å². The quantitative estimate of drug-likeness (QED) is 0.847. The van der Waals surface area contributed by atoms with E-state index in [9.17, 15) is 4.79 Å². The van der Waals surface area contributed by atoms with Crippen molar-refractivity contribution >= 4 is 6.09 Å². The Hall–Kier alpha value is -1.55.